The molecule has 1 fully saturated rings. The average Bonchev–Trinajstić information content (AvgIpc) is 3.49. The van der Waals surface area contributed by atoms with Crippen LogP contribution in [0.4, 0.5) is 0 Å². The second kappa shape index (κ2) is 10.1. The van der Waals surface area contributed by atoms with Crippen LogP contribution in [0.1, 0.15) is 29.9 Å². The van der Waals surface area contributed by atoms with E-state index in [0.717, 1.165) is 51.2 Å². The number of carbonyl (C=O) groups excluding carboxylic acids is 1. The van der Waals surface area contributed by atoms with E-state index >= 15 is 0 Å². The number of hydrogen-bond donors (Lipinski definition) is 1. The van der Waals surface area contributed by atoms with Crippen molar-refractivity contribution in [1.82, 2.24) is 14.8 Å². The Hall–Kier alpha value is -3.31. The Morgan fingerprint density at radius 2 is 1.73 bits per heavy atom. The first-order chi connectivity index (χ1) is 16.3. The quantitative estimate of drug-likeness (QED) is 0.425. The third-order valence-electron chi connectivity index (χ3n) is 6.67. The van der Waals surface area contributed by atoms with Crippen molar-refractivity contribution in [2.45, 2.75) is 32.4 Å². The molecule has 5 heteroatoms. The Morgan fingerprint density at radius 1 is 0.939 bits per heavy atom. The molecule has 5 rings (SSSR count). The molecule has 2 aromatic heterocycles. The summed E-state index contributed by atoms with van der Waals surface area (Å²) in [6.45, 7) is 4.31. The number of likely N-dealkylation sites (tertiary alicyclic amines) is 1. The van der Waals surface area contributed by atoms with Crippen molar-refractivity contribution < 1.29 is 9.21 Å². The van der Waals surface area contributed by atoms with E-state index in [4.69, 9.17) is 4.42 Å². The van der Waals surface area contributed by atoms with Gasteiger partial charge in [0, 0.05) is 43.2 Å². The zero-order valence-corrected chi connectivity index (χ0v) is 19.0. The molecule has 0 aliphatic carbocycles. The van der Waals surface area contributed by atoms with Crippen LogP contribution in [0.5, 0.6) is 0 Å². The molecule has 1 aliphatic heterocycles. The summed E-state index contributed by atoms with van der Waals surface area (Å²) < 4.78 is 7.78. The van der Waals surface area contributed by atoms with Crippen LogP contribution in [0, 0.1) is 5.92 Å². The summed E-state index contributed by atoms with van der Waals surface area (Å²) in [6.07, 6.45) is 4.23. The van der Waals surface area contributed by atoms with Gasteiger partial charge in [0.15, 0.2) is 0 Å². The number of furan rings is 1. The van der Waals surface area contributed by atoms with E-state index in [1.54, 1.807) is 6.26 Å². The second-order valence-electron chi connectivity index (χ2n) is 8.94. The standard InChI is InChI=1S/C28H31N3O2/c32-28(29-15-12-26-10-6-18-33-26)23-13-16-30(17-14-23)21-25-19-24-9-4-5-11-27(24)31(25)20-22-7-2-1-3-8-22/h1-11,18-19,23H,12-17,20-21H2,(H,29,32). The highest BCUT2D eigenvalue weighted by Gasteiger charge is 2.25. The summed E-state index contributed by atoms with van der Waals surface area (Å²) in [5.74, 6) is 1.20. The fourth-order valence-electron chi connectivity index (χ4n) is 4.84. The Labute approximate surface area is 195 Å². The minimum atomic E-state index is 0.105. The van der Waals surface area contributed by atoms with Gasteiger partial charge in [-0.3, -0.25) is 9.69 Å². The molecule has 0 saturated carbocycles. The Bertz CT molecular complexity index is 1170. The van der Waals surface area contributed by atoms with Crippen LogP contribution < -0.4 is 5.32 Å². The van der Waals surface area contributed by atoms with E-state index in [0.29, 0.717) is 6.54 Å². The molecule has 0 bridgehead atoms. The van der Waals surface area contributed by atoms with Crippen LogP contribution in [-0.4, -0.2) is 35.0 Å². The molecule has 1 saturated heterocycles. The summed E-state index contributed by atoms with van der Waals surface area (Å²) >= 11 is 0. The van der Waals surface area contributed by atoms with Gasteiger partial charge in [-0.25, -0.2) is 0 Å². The largest absolute Gasteiger partial charge is 0.469 e. The average molecular weight is 442 g/mol. The molecular weight excluding hydrogens is 410 g/mol. The van der Waals surface area contributed by atoms with Gasteiger partial charge in [-0.15, -0.1) is 0 Å². The molecule has 1 N–H and O–H groups in total. The monoisotopic (exact) mass is 441 g/mol. The number of aromatic nitrogens is 1. The molecule has 4 aromatic rings. The van der Waals surface area contributed by atoms with Crippen molar-refractivity contribution in [3.8, 4) is 0 Å². The molecular formula is C28H31N3O2. The van der Waals surface area contributed by atoms with Crippen LogP contribution in [0.3, 0.4) is 0 Å². The molecule has 1 aliphatic rings. The summed E-state index contributed by atoms with van der Waals surface area (Å²) in [4.78, 5) is 15.1. The normalized spacial score (nSPS) is 15.2. The van der Waals surface area contributed by atoms with Crippen LogP contribution in [0.15, 0.2) is 83.5 Å². The number of piperidine rings is 1. The fourth-order valence-corrected chi connectivity index (χ4v) is 4.84. The number of hydrogen-bond acceptors (Lipinski definition) is 3. The molecule has 0 spiro atoms. The number of nitrogens with zero attached hydrogens (tertiary/aromatic N) is 2. The zero-order valence-electron chi connectivity index (χ0n) is 19.0. The summed E-state index contributed by atoms with van der Waals surface area (Å²) in [6, 6.07) is 25.4. The summed E-state index contributed by atoms with van der Waals surface area (Å²) in [5.41, 5.74) is 3.92. The summed E-state index contributed by atoms with van der Waals surface area (Å²) in [7, 11) is 0. The van der Waals surface area contributed by atoms with E-state index in [9.17, 15) is 4.79 Å². The van der Waals surface area contributed by atoms with Crippen molar-refractivity contribution in [3.05, 3.63) is 96.1 Å². The number of para-hydroxylation sites is 1. The molecule has 2 aromatic carbocycles. The first-order valence-electron chi connectivity index (χ1n) is 11.9. The van der Waals surface area contributed by atoms with Gasteiger partial charge in [-0.2, -0.15) is 0 Å². The minimum Gasteiger partial charge on any atom is -0.469 e. The van der Waals surface area contributed by atoms with E-state index in [-0.39, 0.29) is 11.8 Å². The highest BCUT2D eigenvalue weighted by Crippen LogP contribution is 2.25. The van der Waals surface area contributed by atoms with E-state index in [1.165, 1.54) is 22.2 Å². The Balaban J connectivity index is 1.19. The summed E-state index contributed by atoms with van der Waals surface area (Å²) in [5, 5.41) is 4.37. The van der Waals surface area contributed by atoms with Gasteiger partial charge >= 0.3 is 0 Å². The van der Waals surface area contributed by atoms with Gasteiger partial charge in [0.1, 0.15) is 5.76 Å². The zero-order chi connectivity index (χ0) is 22.5. The number of carbonyl (C=O) groups is 1. The van der Waals surface area contributed by atoms with E-state index in [1.807, 2.05) is 12.1 Å². The predicted octanol–water partition coefficient (Wildman–Crippen LogP) is 4.85. The second-order valence-corrected chi connectivity index (χ2v) is 8.94. The van der Waals surface area contributed by atoms with Gasteiger partial charge in [-0.1, -0.05) is 48.5 Å². The van der Waals surface area contributed by atoms with Gasteiger partial charge in [0.05, 0.1) is 6.26 Å². The predicted molar refractivity (Wildman–Crippen MR) is 131 cm³/mol. The minimum absolute atomic E-state index is 0.105. The van der Waals surface area contributed by atoms with E-state index < -0.39 is 0 Å². The Kier molecular flexibility index (Phi) is 6.58. The van der Waals surface area contributed by atoms with Crippen LogP contribution in [-0.2, 0) is 24.3 Å². The van der Waals surface area contributed by atoms with Crippen LogP contribution >= 0.6 is 0 Å². The van der Waals surface area contributed by atoms with E-state index in [2.05, 4.69) is 75.4 Å². The molecule has 33 heavy (non-hydrogen) atoms. The molecule has 170 valence electrons. The number of nitrogens with one attached hydrogen (secondary N) is 1. The maximum Gasteiger partial charge on any atom is 0.223 e. The topological polar surface area (TPSA) is 50.4 Å². The lowest BCUT2D eigenvalue weighted by Crippen LogP contribution is -2.40. The molecule has 0 atom stereocenters. The first-order valence-corrected chi connectivity index (χ1v) is 11.9. The maximum absolute atomic E-state index is 12.6. The highest BCUT2D eigenvalue weighted by atomic mass is 16.3. The third-order valence-corrected chi connectivity index (χ3v) is 6.67. The number of amides is 1. The molecule has 1 amide bonds. The maximum atomic E-state index is 12.6. The molecule has 3 heterocycles. The Morgan fingerprint density at radius 3 is 2.52 bits per heavy atom. The van der Waals surface area contributed by atoms with Crippen molar-refractivity contribution >= 4 is 16.8 Å². The molecule has 0 radical (unpaired) electrons. The van der Waals surface area contributed by atoms with Crippen LogP contribution in [0.2, 0.25) is 0 Å². The van der Waals surface area contributed by atoms with Crippen molar-refractivity contribution in [2.75, 3.05) is 19.6 Å². The van der Waals surface area contributed by atoms with Crippen molar-refractivity contribution in [1.29, 1.82) is 0 Å². The van der Waals surface area contributed by atoms with Gasteiger partial charge in [-0.05, 0) is 61.1 Å². The first kappa shape index (κ1) is 21.5. The lowest BCUT2D eigenvalue weighted by Gasteiger charge is -2.31. The number of fused-ring (bicyclic) bond motifs is 1. The highest BCUT2D eigenvalue weighted by molar-refractivity contribution is 5.81. The van der Waals surface area contributed by atoms with Crippen LogP contribution in [0.25, 0.3) is 10.9 Å². The third kappa shape index (κ3) is 5.20. The van der Waals surface area contributed by atoms with Crippen molar-refractivity contribution in [3.63, 3.8) is 0 Å². The molecule has 5 nitrogen and oxygen atoms in total. The fraction of sp³-hybridized carbons (Fsp3) is 0.321. The SMILES string of the molecule is O=C(NCCc1ccco1)C1CCN(Cc2cc3ccccc3n2Cc2ccccc2)CC1. The van der Waals surface area contributed by atoms with Gasteiger partial charge in [0.2, 0.25) is 5.91 Å². The van der Waals surface area contributed by atoms with Gasteiger partial charge < -0.3 is 14.3 Å². The number of rotatable bonds is 8. The number of benzene rings is 2. The van der Waals surface area contributed by atoms with Crippen molar-refractivity contribution in [2.24, 2.45) is 5.92 Å². The lowest BCUT2D eigenvalue weighted by atomic mass is 9.95. The molecule has 0 unspecified atom stereocenters. The lowest BCUT2D eigenvalue weighted by molar-refractivity contribution is -0.126. The van der Waals surface area contributed by atoms with Gasteiger partial charge in [0.25, 0.3) is 0 Å². The smallest absolute Gasteiger partial charge is 0.223 e.